The predicted molar refractivity (Wildman–Crippen MR) is 85.0 cm³/mol. The van der Waals surface area contributed by atoms with Crippen molar-refractivity contribution in [2.24, 2.45) is 0 Å². The Bertz CT molecular complexity index is 732. The van der Waals surface area contributed by atoms with Crippen molar-refractivity contribution < 1.29 is 13.5 Å². The Morgan fingerprint density at radius 1 is 1.10 bits per heavy atom. The van der Waals surface area contributed by atoms with Crippen molar-refractivity contribution in [3.05, 3.63) is 57.0 Å². The second-order valence-corrected chi connectivity index (χ2v) is 7.49. The topological polar surface area (TPSA) is 66.4 Å². The number of hydrogen-bond donors (Lipinski definition) is 2. The second-order valence-electron chi connectivity index (χ2n) is 4.04. The van der Waals surface area contributed by atoms with Gasteiger partial charge in [0.2, 0.25) is 0 Å². The summed E-state index contributed by atoms with van der Waals surface area (Å²) in [6.07, 6.45) is 0. The van der Waals surface area contributed by atoms with Crippen LogP contribution in [-0.4, -0.2) is 13.5 Å². The van der Waals surface area contributed by atoms with Gasteiger partial charge in [-0.3, -0.25) is 4.72 Å². The zero-order valence-electron chi connectivity index (χ0n) is 10.2. The molecule has 7 heteroatoms. The molecule has 0 radical (unpaired) electrons. The fourth-order valence-corrected chi connectivity index (χ4v) is 3.57. The van der Waals surface area contributed by atoms with Crippen LogP contribution in [0.5, 0.6) is 0 Å². The molecule has 0 aliphatic carbocycles. The van der Waals surface area contributed by atoms with Crippen molar-refractivity contribution in [3.8, 4) is 0 Å². The molecule has 2 aromatic rings. The lowest BCUT2D eigenvalue weighted by Gasteiger charge is -2.11. The molecule has 0 unspecified atom stereocenters. The monoisotopic (exact) mass is 419 g/mol. The minimum absolute atomic E-state index is 0.107. The minimum Gasteiger partial charge on any atom is -0.392 e. The number of halogens is 2. The number of hydrogen-bond acceptors (Lipinski definition) is 3. The number of nitrogens with one attached hydrogen (secondary N) is 1. The van der Waals surface area contributed by atoms with Gasteiger partial charge in [0.25, 0.3) is 10.0 Å². The maximum Gasteiger partial charge on any atom is 0.261 e. The number of benzene rings is 2. The van der Waals surface area contributed by atoms with E-state index in [4.69, 9.17) is 5.11 Å². The standard InChI is InChI=1S/C13H11Br2NO3S/c14-10-4-5-12(15)13(7-10)16-20(18,19)11-3-1-2-9(6-11)8-17/h1-7,16-17H,8H2. The van der Waals surface area contributed by atoms with Crippen molar-refractivity contribution in [1.29, 1.82) is 0 Å². The predicted octanol–water partition coefficient (Wildman–Crippen LogP) is 3.50. The molecule has 0 saturated carbocycles. The maximum atomic E-state index is 12.3. The molecule has 0 aliphatic heterocycles. The molecule has 0 atom stereocenters. The van der Waals surface area contributed by atoms with Gasteiger partial charge in [-0.2, -0.15) is 0 Å². The highest BCUT2D eigenvalue weighted by molar-refractivity contribution is 9.11. The average molecular weight is 421 g/mol. The Balaban J connectivity index is 2.38. The number of anilines is 1. The summed E-state index contributed by atoms with van der Waals surface area (Å²) in [5, 5.41) is 9.07. The van der Waals surface area contributed by atoms with Crippen molar-refractivity contribution in [3.63, 3.8) is 0 Å². The maximum absolute atomic E-state index is 12.3. The lowest BCUT2D eigenvalue weighted by Crippen LogP contribution is -2.13. The summed E-state index contributed by atoms with van der Waals surface area (Å²) in [5.74, 6) is 0. The summed E-state index contributed by atoms with van der Waals surface area (Å²) in [4.78, 5) is 0.107. The third-order valence-corrected chi connectivity index (χ3v) is 5.11. The Kier molecular flexibility index (Phi) is 4.85. The first kappa shape index (κ1) is 15.5. The zero-order chi connectivity index (χ0) is 14.8. The van der Waals surface area contributed by atoms with E-state index in [1.807, 2.05) is 0 Å². The summed E-state index contributed by atoms with van der Waals surface area (Å²) in [7, 11) is -3.70. The first-order valence-electron chi connectivity index (χ1n) is 5.60. The zero-order valence-corrected chi connectivity index (χ0v) is 14.2. The highest BCUT2D eigenvalue weighted by Gasteiger charge is 2.16. The third kappa shape index (κ3) is 3.60. The van der Waals surface area contributed by atoms with E-state index in [9.17, 15) is 8.42 Å². The van der Waals surface area contributed by atoms with Gasteiger partial charge >= 0.3 is 0 Å². The van der Waals surface area contributed by atoms with E-state index in [2.05, 4.69) is 36.6 Å². The molecule has 2 N–H and O–H groups in total. The van der Waals surface area contributed by atoms with E-state index >= 15 is 0 Å². The van der Waals surface area contributed by atoms with Crippen molar-refractivity contribution in [1.82, 2.24) is 0 Å². The molecule has 20 heavy (non-hydrogen) atoms. The molecule has 2 rings (SSSR count). The summed E-state index contributed by atoms with van der Waals surface area (Å²) in [6, 6.07) is 11.4. The summed E-state index contributed by atoms with van der Waals surface area (Å²) in [5.41, 5.74) is 0.981. The van der Waals surface area contributed by atoms with E-state index < -0.39 is 10.0 Å². The fourth-order valence-electron chi connectivity index (χ4n) is 1.59. The highest BCUT2D eigenvalue weighted by atomic mass is 79.9. The first-order valence-corrected chi connectivity index (χ1v) is 8.67. The second kappa shape index (κ2) is 6.26. The molecule has 4 nitrogen and oxygen atoms in total. The molecule has 2 aromatic carbocycles. The van der Waals surface area contributed by atoms with Crippen LogP contribution < -0.4 is 4.72 Å². The van der Waals surface area contributed by atoms with Crippen LogP contribution in [0.2, 0.25) is 0 Å². The molecule has 0 heterocycles. The van der Waals surface area contributed by atoms with Gasteiger partial charge in [0.15, 0.2) is 0 Å². The van der Waals surface area contributed by atoms with Crippen LogP contribution in [0.1, 0.15) is 5.56 Å². The van der Waals surface area contributed by atoms with E-state index in [1.165, 1.54) is 12.1 Å². The fraction of sp³-hybridized carbons (Fsp3) is 0.0769. The third-order valence-electron chi connectivity index (χ3n) is 2.56. The van der Waals surface area contributed by atoms with Gasteiger partial charge in [-0.15, -0.1) is 0 Å². The Hall–Kier alpha value is -0.890. The van der Waals surface area contributed by atoms with Gasteiger partial charge in [0.05, 0.1) is 17.2 Å². The molecule has 0 saturated heterocycles. The van der Waals surface area contributed by atoms with Crippen LogP contribution in [0.15, 0.2) is 56.3 Å². The first-order chi connectivity index (χ1) is 9.42. The highest BCUT2D eigenvalue weighted by Crippen LogP contribution is 2.28. The van der Waals surface area contributed by atoms with Crippen LogP contribution in [0.3, 0.4) is 0 Å². The van der Waals surface area contributed by atoms with E-state index in [-0.39, 0.29) is 11.5 Å². The quantitative estimate of drug-likeness (QED) is 0.795. The minimum atomic E-state index is -3.70. The van der Waals surface area contributed by atoms with Crippen molar-refractivity contribution in [2.75, 3.05) is 4.72 Å². The van der Waals surface area contributed by atoms with Crippen LogP contribution in [0.25, 0.3) is 0 Å². The van der Waals surface area contributed by atoms with Gasteiger partial charge in [-0.1, -0.05) is 28.1 Å². The van der Waals surface area contributed by atoms with Gasteiger partial charge < -0.3 is 5.11 Å². The van der Waals surface area contributed by atoms with E-state index in [1.54, 1.807) is 30.3 Å². The normalized spacial score (nSPS) is 11.3. The summed E-state index contributed by atoms with van der Waals surface area (Å²) < 4.78 is 28.5. The molecule has 0 aliphatic rings. The number of aliphatic hydroxyl groups excluding tert-OH is 1. The largest absolute Gasteiger partial charge is 0.392 e. The summed E-state index contributed by atoms with van der Waals surface area (Å²) >= 11 is 6.59. The smallest absolute Gasteiger partial charge is 0.261 e. The average Bonchev–Trinajstić information content (AvgIpc) is 2.43. The molecule has 0 amide bonds. The van der Waals surface area contributed by atoms with Crippen LogP contribution in [-0.2, 0) is 16.6 Å². The Morgan fingerprint density at radius 2 is 1.85 bits per heavy atom. The van der Waals surface area contributed by atoms with E-state index in [0.29, 0.717) is 15.7 Å². The molecular formula is C13H11Br2NO3S. The van der Waals surface area contributed by atoms with Gasteiger partial charge in [-0.25, -0.2) is 8.42 Å². The van der Waals surface area contributed by atoms with Gasteiger partial charge in [0, 0.05) is 8.95 Å². The van der Waals surface area contributed by atoms with Crippen LogP contribution in [0.4, 0.5) is 5.69 Å². The summed E-state index contributed by atoms with van der Waals surface area (Å²) in [6.45, 7) is -0.204. The van der Waals surface area contributed by atoms with Gasteiger partial charge in [-0.05, 0) is 51.8 Å². The van der Waals surface area contributed by atoms with Crippen molar-refractivity contribution >= 4 is 47.6 Å². The number of sulfonamides is 1. The molecule has 0 bridgehead atoms. The Labute approximate surface area is 134 Å². The molecule has 0 spiro atoms. The van der Waals surface area contributed by atoms with Crippen molar-refractivity contribution in [2.45, 2.75) is 11.5 Å². The molecule has 0 aromatic heterocycles. The molecular weight excluding hydrogens is 410 g/mol. The van der Waals surface area contributed by atoms with E-state index in [0.717, 1.165) is 4.47 Å². The number of aliphatic hydroxyl groups is 1. The lowest BCUT2D eigenvalue weighted by molar-refractivity contribution is 0.281. The lowest BCUT2D eigenvalue weighted by atomic mass is 10.2. The van der Waals surface area contributed by atoms with Crippen LogP contribution >= 0.6 is 31.9 Å². The molecule has 106 valence electrons. The van der Waals surface area contributed by atoms with Gasteiger partial charge in [0.1, 0.15) is 0 Å². The van der Waals surface area contributed by atoms with Crippen LogP contribution in [0, 0.1) is 0 Å². The number of rotatable bonds is 4. The Morgan fingerprint density at radius 3 is 2.55 bits per heavy atom. The SMILES string of the molecule is O=S(=O)(Nc1cc(Br)ccc1Br)c1cccc(CO)c1. The molecule has 0 fully saturated rings.